The van der Waals surface area contributed by atoms with Gasteiger partial charge in [0.25, 0.3) is 0 Å². The predicted octanol–water partition coefficient (Wildman–Crippen LogP) is 3.92. The molecule has 0 aromatic heterocycles. The van der Waals surface area contributed by atoms with Gasteiger partial charge in [-0.1, -0.05) is 38.5 Å². The van der Waals surface area contributed by atoms with Gasteiger partial charge in [0.05, 0.1) is 11.5 Å². The van der Waals surface area contributed by atoms with Crippen LogP contribution < -0.4 is 0 Å². The molecule has 1 rings (SSSR count). The number of aliphatic carboxylic acids is 1. The van der Waals surface area contributed by atoms with Crippen LogP contribution in [0.4, 0.5) is 13.2 Å². The molecule has 0 aliphatic carbocycles. The van der Waals surface area contributed by atoms with E-state index in [2.05, 4.69) is 0 Å². The van der Waals surface area contributed by atoms with Crippen molar-refractivity contribution >= 4 is 5.97 Å². The highest BCUT2D eigenvalue weighted by Crippen LogP contribution is 2.33. The van der Waals surface area contributed by atoms with Crippen LogP contribution in [0.3, 0.4) is 0 Å². The minimum atomic E-state index is -4.45. The predicted molar refractivity (Wildman–Crippen MR) is 61.3 cm³/mol. The van der Waals surface area contributed by atoms with E-state index in [4.69, 9.17) is 5.11 Å². The number of rotatable bonds is 4. The first-order chi connectivity index (χ1) is 8.27. The van der Waals surface area contributed by atoms with Gasteiger partial charge in [-0.15, -0.1) is 0 Å². The van der Waals surface area contributed by atoms with Crippen molar-refractivity contribution in [1.82, 2.24) is 0 Å². The molecule has 1 aromatic carbocycles. The molecule has 0 heterocycles. The second-order valence-corrected chi connectivity index (χ2v) is 4.32. The Hall–Kier alpha value is -1.52. The number of carboxylic acid groups (broad SMARTS) is 1. The lowest BCUT2D eigenvalue weighted by molar-refractivity contribution is -0.141. The molecular formula is C13H15F3O2. The van der Waals surface area contributed by atoms with E-state index in [9.17, 15) is 18.0 Å². The molecule has 2 atom stereocenters. The Morgan fingerprint density at radius 3 is 2.44 bits per heavy atom. The van der Waals surface area contributed by atoms with Crippen molar-refractivity contribution in [3.8, 4) is 0 Å². The Morgan fingerprint density at radius 2 is 2.00 bits per heavy atom. The van der Waals surface area contributed by atoms with Gasteiger partial charge in [0.15, 0.2) is 0 Å². The van der Waals surface area contributed by atoms with Gasteiger partial charge in [-0.3, -0.25) is 4.79 Å². The van der Waals surface area contributed by atoms with Gasteiger partial charge in [-0.25, -0.2) is 0 Å². The molecule has 0 fully saturated rings. The molecule has 5 heteroatoms. The van der Waals surface area contributed by atoms with Crippen LogP contribution in [0.5, 0.6) is 0 Å². The van der Waals surface area contributed by atoms with Crippen molar-refractivity contribution in [2.45, 2.75) is 32.4 Å². The van der Waals surface area contributed by atoms with Crippen LogP contribution in [0.1, 0.15) is 37.3 Å². The Balaban J connectivity index is 3.18. The zero-order chi connectivity index (χ0) is 13.9. The molecule has 0 amide bonds. The molecule has 2 unspecified atom stereocenters. The molecule has 0 saturated carbocycles. The van der Waals surface area contributed by atoms with E-state index in [1.165, 1.54) is 12.1 Å². The number of benzene rings is 1. The van der Waals surface area contributed by atoms with Crippen molar-refractivity contribution in [2.24, 2.45) is 5.92 Å². The number of alkyl halides is 3. The van der Waals surface area contributed by atoms with Crippen molar-refractivity contribution in [1.29, 1.82) is 0 Å². The van der Waals surface area contributed by atoms with Crippen LogP contribution in [0.2, 0.25) is 0 Å². The largest absolute Gasteiger partial charge is 0.481 e. The maximum atomic E-state index is 12.6. The highest BCUT2D eigenvalue weighted by molar-refractivity contribution is 5.76. The molecule has 18 heavy (non-hydrogen) atoms. The highest BCUT2D eigenvalue weighted by atomic mass is 19.4. The van der Waals surface area contributed by atoms with E-state index in [1.54, 1.807) is 6.92 Å². The van der Waals surface area contributed by atoms with Crippen molar-refractivity contribution in [3.63, 3.8) is 0 Å². The molecule has 0 aliphatic heterocycles. The molecular weight excluding hydrogens is 245 g/mol. The fraction of sp³-hybridized carbons (Fsp3) is 0.462. The van der Waals surface area contributed by atoms with Crippen LogP contribution in [-0.2, 0) is 11.0 Å². The summed E-state index contributed by atoms with van der Waals surface area (Å²) in [5.41, 5.74) is -0.610. The van der Waals surface area contributed by atoms with E-state index in [0.29, 0.717) is 6.42 Å². The van der Waals surface area contributed by atoms with Gasteiger partial charge < -0.3 is 5.11 Å². The molecule has 0 bridgehead atoms. The number of carboxylic acids is 1. The van der Waals surface area contributed by atoms with E-state index in [-0.39, 0.29) is 11.5 Å². The quantitative estimate of drug-likeness (QED) is 0.890. The summed E-state index contributed by atoms with van der Waals surface area (Å²) in [7, 11) is 0. The fourth-order valence-corrected chi connectivity index (χ4v) is 1.86. The Labute approximate surface area is 103 Å². The third-order valence-corrected chi connectivity index (χ3v) is 3.05. The summed E-state index contributed by atoms with van der Waals surface area (Å²) in [6, 6.07) is 4.54. The summed E-state index contributed by atoms with van der Waals surface area (Å²) in [6.45, 7) is 3.53. The van der Waals surface area contributed by atoms with Gasteiger partial charge >= 0.3 is 12.1 Å². The van der Waals surface area contributed by atoms with Gasteiger partial charge in [-0.2, -0.15) is 13.2 Å². The van der Waals surface area contributed by atoms with E-state index < -0.39 is 23.6 Å². The normalized spacial score (nSPS) is 15.2. The highest BCUT2D eigenvalue weighted by Gasteiger charge is 2.32. The topological polar surface area (TPSA) is 37.3 Å². The van der Waals surface area contributed by atoms with Gasteiger partial charge in [0.1, 0.15) is 0 Å². The average molecular weight is 260 g/mol. The van der Waals surface area contributed by atoms with Crippen LogP contribution in [-0.4, -0.2) is 11.1 Å². The molecule has 1 N–H and O–H groups in total. The summed E-state index contributed by atoms with van der Waals surface area (Å²) in [5, 5.41) is 9.14. The van der Waals surface area contributed by atoms with E-state index in [1.807, 2.05) is 6.92 Å². The monoisotopic (exact) mass is 260 g/mol. The molecule has 100 valence electrons. The fourth-order valence-electron chi connectivity index (χ4n) is 1.86. The number of halogens is 3. The van der Waals surface area contributed by atoms with Crippen molar-refractivity contribution in [2.75, 3.05) is 0 Å². The second-order valence-electron chi connectivity index (χ2n) is 4.32. The van der Waals surface area contributed by atoms with E-state index in [0.717, 1.165) is 12.1 Å². The smallest absolute Gasteiger partial charge is 0.416 e. The SMILES string of the molecule is CCC(C)C(C(=O)O)c1cccc(C(F)(F)F)c1. The molecule has 1 aromatic rings. The Kier molecular flexibility index (Phi) is 4.38. The first-order valence-corrected chi connectivity index (χ1v) is 5.67. The zero-order valence-corrected chi connectivity index (χ0v) is 10.2. The van der Waals surface area contributed by atoms with Gasteiger partial charge in [0.2, 0.25) is 0 Å². The van der Waals surface area contributed by atoms with Crippen LogP contribution in [0, 0.1) is 5.92 Å². The van der Waals surface area contributed by atoms with Gasteiger partial charge in [0, 0.05) is 0 Å². The lowest BCUT2D eigenvalue weighted by Crippen LogP contribution is -2.19. The molecule has 0 saturated heterocycles. The molecule has 0 spiro atoms. The lowest BCUT2D eigenvalue weighted by atomic mass is 9.85. The van der Waals surface area contributed by atoms with Crippen LogP contribution >= 0.6 is 0 Å². The summed E-state index contributed by atoms with van der Waals surface area (Å²) >= 11 is 0. The summed E-state index contributed by atoms with van der Waals surface area (Å²) in [5.74, 6) is -2.22. The Morgan fingerprint density at radius 1 is 1.39 bits per heavy atom. The summed E-state index contributed by atoms with van der Waals surface area (Å²) in [6.07, 6.45) is -3.86. The maximum absolute atomic E-state index is 12.6. The maximum Gasteiger partial charge on any atom is 0.416 e. The zero-order valence-electron chi connectivity index (χ0n) is 10.2. The van der Waals surface area contributed by atoms with Crippen molar-refractivity contribution < 1.29 is 23.1 Å². The molecule has 0 aliphatic rings. The lowest BCUT2D eigenvalue weighted by Gasteiger charge is -2.20. The van der Waals surface area contributed by atoms with Crippen LogP contribution in [0.15, 0.2) is 24.3 Å². The minimum absolute atomic E-state index is 0.201. The standard InChI is InChI=1S/C13H15F3O2/c1-3-8(2)11(12(17)18)9-5-4-6-10(7-9)13(14,15)16/h4-8,11H,3H2,1-2H3,(H,17,18). The summed E-state index contributed by atoms with van der Waals surface area (Å²) in [4.78, 5) is 11.2. The minimum Gasteiger partial charge on any atom is -0.481 e. The van der Waals surface area contributed by atoms with Gasteiger partial charge in [-0.05, 0) is 17.5 Å². The average Bonchev–Trinajstić information content (AvgIpc) is 2.27. The summed E-state index contributed by atoms with van der Waals surface area (Å²) < 4.78 is 37.7. The third kappa shape index (κ3) is 3.24. The number of carbonyl (C=O) groups is 1. The molecule has 2 nitrogen and oxygen atoms in total. The van der Waals surface area contributed by atoms with E-state index >= 15 is 0 Å². The number of hydrogen-bond acceptors (Lipinski definition) is 1. The third-order valence-electron chi connectivity index (χ3n) is 3.05. The van der Waals surface area contributed by atoms with Crippen molar-refractivity contribution in [3.05, 3.63) is 35.4 Å². The number of hydrogen-bond donors (Lipinski definition) is 1. The second kappa shape index (κ2) is 5.42. The first kappa shape index (κ1) is 14.5. The molecule has 0 radical (unpaired) electrons. The Bertz CT molecular complexity index is 426. The first-order valence-electron chi connectivity index (χ1n) is 5.67. The van der Waals surface area contributed by atoms with Crippen LogP contribution in [0.25, 0.3) is 0 Å².